The van der Waals surface area contributed by atoms with Crippen LogP contribution in [-0.2, 0) is 6.32 Å². The van der Waals surface area contributed by atoms with Crippen molar-refractivity contribution < 1.29 is 10.0 Å². The van der Waals surface area contributed by atoms with Crippen LogP contribution in [0.1, 0.15) is 5.69 Å². The highest BCUT2D eigenvalue weighted by Gasteiger charge is 2.09. The van der Waals surface area contributed by atoms with Crippen molar-refractivity contribution in [2.24, 2.45) is 0 Å². The van der Waals surface area contributed by atoms with Gasteiger partial charge in [-0.2, -0.15) is 0 Å². The molecule has 0 saturated heterocycles. The summed E-state index contributed by atoms with van der Waals surface area (Å²) < 4.78 is 0. The summed E-state index contributed by atoms with van der Waals surface area (Å²) in [5.74, 6) is 0. The number of hydrogen-bond donors (Lipinski definition) is 3. The summed E-state index contributed by atoms with van der Waals surface area (Å²) in [6.07, 6.45) is 0.245. The minimum absolute atomic E-state index is 0.245. The second-order valence-corrected chi connectivity index (χ2v) is 3.07. The Labute approximate surface area is 76.2 Å². The normalized spacial score (nSPS) is 10.6. The maximum Gasteiger partial charge on any atom is 0.457 e. The van der Waals surface area contributed by atoms with Crippen molar-refractivity contribution in [3.8, 4) is 0 Å². The molecule has 0 radical (unpaired) electrons. The number of H-pyrrole nitrogens is 1. The molecule has 4 heteroatoms. The Morgan fingerprint density at radius 3 is 2.69 bits per heavy atom. The van der Waals surface area contributed by atoms with Crippen molar-refractivity contribution in [2.45, 2.75) is 6.32 Å². The molecule has 2 aromatic rings. The summed E-state index contributed by atoms with van der Waals surface area (Å²) in [6.45, 7) is 0. The van der Waals surface area contributed by atoms with E-state index in [-0.39, 0.29) is 6.32 Å². The maximum atomic E-state index is 8.77. The van der Waals surface area contributed by atoms with Crippen LogP contribution in [0, 0.1) is 0 Å². The minimum atomic E-state index is -1.28. The van der Waals surface area contributed by atoms with Crippen LogP contribution < -0.4 is 0 Å². The Balaban J connectivity index is 2.38. The number of nitrogens with one attached hydrogen (secondary N) is 1. The topological polar surface area (TPSA) is 56.2 Å². The van der Waals surface area contributed by atoms with Crippen LogP contribution in [-0.4, -0.2) is 22.2 Å². The van der Waals surface area contributed by atoms with Crippen LogP contribution >= 0.6 is 0 Å². The number of aromatic nitrogens is 1. The van der Waals surface area contributed by atoms with E-state index in [0.717, 1.165) is 16.6 Å². The fraction of sp³-hybridized carbons (Fsp3) is 0.111. The molecule has 0 unspecified atom stereocenters. The van der Waals surface area contributed by atoms with Crippen LogP contribution in [0.15, 0.2) is 30.3 Å². The zero-order chi connectivity index (χ0) is 9.26. The van der Waals surface area contributed by atoms with Crippen molar-refractivity contribution >= 4 is 18.0 Å². The summed E-state index contributed by atoms with van der Waals surface area (Å²) in [7, 11) is -1.28. The van der Waals surface area contributed by atoms with E-state index in [9.17, 15) is 0 Å². The highest BCUT2D eigenvalue weighted by molar-refractivity contribution is 6.40. The zero-order valence-electron chi connectivity index (χ0n) is 7.07. The number of fused-ring (bicyclic) bond motifs is 1. The molecule has 0 bridgehead atoms. The third-order valence-corrected chi connectivity index (χ3v) is 1.99. The molecule has 1 aromatic carbocycles. The molecule has 66 valence electrons. The first-order valence-electron chi connectivity index (χ1n) is 4.18. The van der Waals surface area contributed by atoms with Crippen molar-refractivity contribution in [1.29, 1.82) is 0 Å². The molecule has 0 aliphatic rings. The van der Waals surface area contributed by atoms with E-state index < -0.39 is 7.12 Å². The van der Waals surface area contributed by atoms with E-state index >= 15 is 0 Å². The van der Waals surface area contributed by atoms with E-state index in [1.807, 2.05) is 30.3 Å². The van der Waals surface area contributed by atoms with E-state index in [4.69, 9.17) is 10.0 Å². The molecule has 1 heterocycles. The molecular formula is C9H10BNO2. The van der Waals surface area contributed by atoms with Gasteiger partial charge in [-0.3, -0.25) is 0 Å². The van der Waals surface area contributed by atoms with Gasteiger partial charge < -0.3 is 15.0 Å². The molecule has 3 nitrogen and oxygen atoms in total. The molecule has 1 aromatic heterocycles. The molecule has 0 atom stereocenters. The Morgan fingerprint density at radius 2 is 2.00 bits per heavy atom. The number of aromatic amines is 1. The third kappa shape index (κ3) is 1.74. The Hall–Kier alpha value is -1.26. The monoisotopic (exact) mass is 175 g/mol. The maximum absolute atomic E-state index is 8.77. The molecule has 3 N–H and O–H groups in total. The molecule has 0 spiro atoms. The van der Waals surface area contributed by atoms with Crippen LogP contribution in [0.2, 0.25) is 0 Å². The fourth-order valence-electron chi connectivity index (χ4n) is 1.44. The highest BCUT2D eigenvalue weighted by Crippen LogP contribution is 2.14. The lowest BCUT2D eigenvalue weighted by molar-refractivity contribution is 0.404. The largest absolute Gasteiger partial charge is 0.457 e. The Kier molecular flexibility index (Phi) is 2.08. The second-order valence-electron chi connectivity index (χ2n) is 3.07. The van der Waals surface area contributed by atoms with Gasteiger partial charge in [0.05, 0.1) is 0 Å². The number of para-hydroxylation sites is 1. The van der Waals surface area contributed by atoms with Crippen molar-refractivity contribution in [3.63, 3.8) is 0 Å². The lowest BCUT2D eigenvalue weighted by Crippen LogP contribution is -2.15. The summed E-state index contributed by atoms with van der Waals surface area (Å²) in [4.78, 5) is 3.11. The summed E-state index contributed by atoms with van der Waals surface area (Å²) in [5.41, 5.74) is 1.87. The Bertz CT molecular complexity index is 378. The molecule has 0 amide bonds. The molecular weight excluding hydrogens is 165 g/mol. The van der Waals surface area contributed by atoms with Gasteiger partial charge in [0.2, 0.25) is 0 Å². The number of hydrogen-bond acceptors (Lipinski definition) is 2. The zero-order valence-corrected chi connectivity index (χ0v) is 7.07. The van der Waals surface area contributed by atoms with E-state index in [0.29, 0.717) is 0 Å². The van der Waals surface area contributed by atoms with Gasteiger partial charge in [-0.25, -0.2) is 0 Å². The predicted molar refractivity (Wildman–Crippen MR) is 52.2 cm³/mol. The SMILES string of the molecule is OB(O)Cc1cc2ccccc2[nH]1. The van der Waals surface area contributed by atoms with Crippen LogP contribution in [0.25, 0.3) is 10.9 Å². The third-order valence-electron chi connectivity index (χ3n) is 1.99. The smallest absolute Gasteiger partial charge is 0.427 e. The van der Waals surface area contributed by atoms with E-state index in [1.54, 1.807) is 0 Å². The second kappa shape index (κ2) is 3.24. The van der Waals surface area contributed by atoms with Crippen molar-refractivity contribution in [2.75, 3.05) is 0 Å². The van der Waals surface area contributed by atoms with Crippen LogP contribution in [0.5, 0.6) is 0 Å². The van der Waals surface area contributed by atoms with Gasteiger partial charge >= 0.3 is 7.12 Å². The number of rotatable bonds is 2. The lowest BCUT2D eigenvalue weighted by Gasteiger charge is -1.93. The van der Waals surface area contributed by atoms with E-state index in [2.05, 4.69) is 4.98 Å². The predicted octanol–water partition coefficient (Wildman–Crippen LogP) is 0.722. The Morgan fingerprint density at radius 1 is 1.23 bits per heavy atom. The lowest BCUT2D eigenvalue weighted by atomic mass is 9.84. The van der Waals surface area contributed by atoms with Gasteiger partial charge in [-0.1, -0.05) is 18.2 Å². The van der Waals surface area contributed by atoms with Crippen molar-refractivity contribution in [1.82, 2.24) is 4.98 Å². The number of benzene rings is 1. The molecule has 2 rings (SSSR count). The summed E-state index contributed by atoms with van der Waals surface area (Å²) >= 11 is 0. The van der Waals surface area contributed by atoms with Crippen LogP contribution in [0.4, 0.5) is 0 Å². The average molecular weight is 175 g/mol. The quantitative estimate of drug-likeness (QED) is 0.589. The minimum Gasteiger partial charge on any atom is -0.427 e. The first-order valence-corrected chi connectivity index (χ1v) is 4.18. The van der Waals surface area contributed by atoms with Gasteiger partial charge in [0.1, 0.15) is 0 Å². The first kappa shape index (κ1) is 8.35. The highest BCUT2D eigenvalue weighted by atomic mass is 16.4. The first-order chi connectivity index (χ1) is 6.25. The van der Waals surface area contributed by atoms with Gasteiger partial charge in [0.25, 0.3) is 0 Å². The molecule has 0 aliphatic heterocycles. The standard InChI is InChI=1S/C9H10BNO2/c12-10(13)6-8-5-7-3-1-2-4-9(7)11-8/h1-5,11-13H,6H2. The van der Waals surface area contributed by atoms with Gasteiger partial charge in [0.15, 0.2) is 0 Å². The fourth-order valence-corrected chi connectivity index (χ4v) is 1.44. The van der Waals surface area contributed by atoms with Gasteiger partial charge in [-0.15, -0.1) is 0 Å². The van der Waals surface area contributed by atoms with Crippen LogP contribution in [0.3, 0.4) is 0 Å². The van der Waals surface area contributed by atoms with Crippen molar-refractivity contribution in [3.05, 3.63) is 36.0 Å². The summed E-state index contributed by atoms with van der Waals surface area (Å²) in [6, 6.07) is 9.77. The van der Waals surface area contributed by atoms with Gasteiger partial charge in [-0.05, 0) is 17.5 Å². The van der Waals surface area contributed by atoms with Gasteiger partial charge in [0, 0.05) is 17.5 Å². The summed E-state index contributed by atoms with van der Waals surface area (Å²) in [5, 5.41) is 18.6. The molecule has 0 saturated carbocycles. The molecule has 0 fully saturated rings. The van der Waals surface area contributed by atoms with E-state index in [1.165, 1.54) is 0 Å². The average Bonchev–Trinajstić information content (AvgIpc) is 2.44. The molecule has 0 aliphatic carbocycles. The molecule has 13 heavy (non-hydrogen) atoms.